The van der Waals surface area contributed by atoms with Gasteiger partial charge in [0.25, 0.3) is 0 Å². The Morgan fingerprint density at radius 2 is 1.44 bits per heavy atom. The number of fused-ring (bicyclic) bond motifs is 1. The van der Waals surface area contributed by atoms with Gasteiger partial charge in [0.2, 0.25) is 0 Å². The average Bonchev–Trinajstić information content (AvgIpc) is 2.91. The quantitative estimate of drug-likeness (QED) is 0.0919. The summed E-state index contributed by atoms with van der Waals surface area (Å²) in [5.74, 6) is 0.153. The van der Waals surface area contributed by atoms with Crippen molar-refractivity contribution in [1.82, 2.24) is 4.98 Å². The number of benzene rings is 3. The van der Waals surface area contributed by atoms with Crippen LogP contribution in [-0.2, 0) is 24.9 Å². The van der Waals surface area contributed by atoms with Gasteiger partial charge in [-0.1, -0.05) is 128 Å². The van der Waals surface area contributed by atoms with Crippen molar-refractivity contribution in [3.8, 4) is 22.4 Å². The van der Waals surface area contributed by atoms with Crippen LogP contribution in [0.25, 0.3) is 33.3 Å². The Bertz CT molecular complexity index is 1560. The normalized spacial score (nSPS) is 12.4. The van der Waals surface area contributed by atoms with E-state index in [0.29, 0.717) is 0 Å². The van der Waals surface area contributed by atoms with E-state index in [1.54, 1.807) is 0 Å². The summed E-state index contributed by atoms with van der Waals surface area (Å²) in [5.41, 5.74) is 5.18. The molecule has 0 saturated carbocycles. The Morgan fingerprint density at radius 1 is 0.860 bits per heavy atom. The summed E-state index contributed by atoms with van der Waals surface area (Å²) in [4.78, 5) is 16.4. The average molecular weight is 787 g/mol. The fraction of sp³-hybridized carbons (Fsp3) is 0.351. The standard InChI is InChI=1S/C27H30NSi2.C10H18O2.Ir/c1-29(2,3)22-14-12-21(13-15-22)27-19-24(20-10-8-7-9-11-20)25-18-23(30(4,5)6)16-17-26(25)28-27;1-7(2)8(11)6-9(12)10(3,4)5;/h7-12,14-19H,1-6H3;6-7,11H,1-5H3;/q-1;;/b;8-6-;. The van der Waals surface area contributed by atoms with Crippen LogP contribution in [0.3, 0.4) is 0 Å². The van der Waals surface area contributed by atoms with Crippen molar-refractivity contribution in [2.24, 2.45) is 11.3 Å². The van der Waals surface area contributed by atoms with E-state index in [0.717, 1.165) is 16.8 Å². The van der Waals surface area contributed by atoms with Crippen LogP contribution in [0.4, 0.5) is 0 Å². The number of hydrogen-bond acceptors (Lipinski definition) is 3. The number of ketones is 1. The molecule has 0 aliphatic carbocycles. The molecule has 6 heteroatoms. The summed E-state index contributed by atoms with van der Waals surface area (Å²) in [6, 6.07) is 29.9. The Morgan fingerprint density at radius 3 is 1.93 bits per heavy atom. The smallest absolute Gasteiger partial charge is 0.164 e. The molecule has 4 rings (SSSR count). The van der Waals surface area contributed by atoms with Gasteiger partial charge >= 0.3 is 0 Å². The summed E-state index contributed by atoms with van der Waals surface area (Å²) >= 11 is 0. The summed E-state index contributed by atoms with van der Waals surface area (Å²) in [6.07, 6.45) is 1.32. The zero-order valence-corrected chi connectivity index (χ0v) is 32.1. The van der Waals surface area contributed by atoms with E-state index < -0.39 is 21.6 Å². The fourth-order valence-corrected chi connectivity index (χ4v) is 6.50. The minimum Gasteiger partial charge on any atom is -0.512 e. The fourth-order valence-electron chi connectivity index (χ4n) is 4.25. The molecule has 0 atom stereocenters. The Hall–Kier alpha value is -2.64. The van der Waals surface area contributed by atoms with E-state index in [-0.39, 0.29) is 37.6 Å². The van der Waals surface area contributed by atoms with Gasteiger partial charge in [0.05, 0.1) is 19.3 Å². The van der Waals surface area contributed by atoms with Crippen LogP contribution in [0.5, 0.6) is 0 Å². The third-order valence-electron chi connectivity index (χ3n) is 7.32. The Labute approximate surface area is 275 Å². The van der Waals surface area contributed by atoms with Gasteiger partial charge in [-0.3, -0.25) is 9.78 Å². The van der Waals surface area contributed by atoms with E-state index in [2.05, 4.69) is 118 Å². The van der Waals surface area contributed by atoms with E-state index >= 15 is 0 Å². The minimum absolute atomic E-state index is 0. The molecule has 0 aliphatic rings. The second-order valence-electron chi connectivity index (χ2n) is 14.5. The predicted octanol–water partition coefficient (Wildman–Crippen LogP) is 9.16. The number of aliphatic hydroxyl groups is 1. The number of aliphatic hydroxyl groups excluding tert-OH is 1. The zero-order valence-electron chi connectivity index (χ0n) is 27.7. The molecule has 0 bridgehead atoms. The van der Waals surface area contributed by atoms with Crippen LogP contribution in [0.15, 0.2) is 84.6 Å². The van der Waals surface area contributed by atoms with Crippen molar-refractivity contribution >= 4 is 43.2 Å². The van der Waals surface area contributed by atoms with Gasteiger partial charge in [-0.2, -0.15) is 0 Å². The monoisotopic (exact) mass is 787 g/mol. The van der Waals surface area contributed by atoms with Crippen LogP contribution >= 0.6 is 0 Å². The molecule has 4 aromatic rings. The van der Waals surface area contributed by atoms with E-state index in [4.69, 9.17) is 4.98 Å². The molecule has 1 heterocycles. The van der Waals surface area contributed by atoms with Gasteiger partial charge in [0, 0.05) is 51.0 Å². The van der Waals surface area contributed by atoms with Crippen LogP contribution < -0.4 is 10.4 Å². The number of hydrogen-bond donors (Lipinski definition) is 1. The molecular formula is C37H48IrNO2Si2-. The Kier molecular flexibility index (Phi) is 12.3. The number of rotatable bonds is 6. The first-order chi connectivity index (χ1) is 19.4. The molecule has 231 valence electrons. The number of carbonyl (C=O) groups excluding carboxylic acids is 1. The maximum Gasteiger partial charge on any atom is 0.164 e. The van der Waals surface area contributed by atoms with Crippen LogP contribution in [-0.4, -0.2) is 32.0 Å². The maximum atomic E-state index is 11.3. The molecule has 0 saturated heterocycles. The van der Waals surface area contributed by atoms with Gasteiger partial charge in [-0.05, 0) is 22.9 Å². The van der Waals surface area contributed by atoms with Gasteiger partial charge < -0.3 is 5.11 Å². The van der Waals surface area contributed by atoms with Crippen LogP contribution in [0.2, 0.25) is 39.3 Å². The molecule has 43 heavy (non-hydrogen) atoms. The van der Waals surface area contributed by atoms with Gasteiger partial charge in [-0.15, -0.1) is 35.0 Å². The molecular weight excluding hydrogens is 739 g/mol. The third kappa shape index (κ3) is 9.94. The minimum atomic E-state index is -1.41. The molecule has 0 unspecified atom stereocenters. The van der Waals surface area contributed by atoms with Crippen molar-refractivity contribution in [3.05, 3.63) is 90.7 Å². The number of carbonyl (C=O) groups is 1. The number of allylic oxidation sites excluding steroid dienone is 2. The second-order valence-corrected chi connectivity index (χ2v) is 24.6. The first kappa shape index (κ1) is 36.6. The summed E-state index contributed by atoms with van der Waals surface area (Å²) in [6.45, 7) is 23.5. The number of aromatic nitrogens is 1. The van der Waals surface area contributed by atoms with Crippen molar-refractivity contribution in [3.63, 3.8) is 0 Å². The van der Waals surface area contributed by atoms with Crippen molar-refractivity contribution in [1.29, 1.82) is 0 Å². The van der Waals surface area contributed by atoms with Crippen molar-refractivity contribution in [2.75, 3.05) is 0 Å². The van der Waals surface area contributed by atoms with E-state index in [9.17, 15) is 9.90 Å². The molecule has 0 fully saturated rings. The van der Waals surface area contributed by atoms with Gasteiger partial charge in [-0.25, -0.2) is 0 Å². The molecule has 0 spiro atoms. The summed E-state index contributed by atoms with van der Waals surface area (Å²) in [7, 11) is -2.74. The molecule has 0 aliphatic heterocycles. The molecule has 0 amide bonds. The maximum absolute atomic E-state index is 11.3. The molecule has 1 aromatic heterocycles. The summed E-state index contributed by atoms with van der Waals surface area (Å²) < 4.78 is 0. The largest absolute Gasteiger partial charge is 0.512 e. The number of pyridine rings is 1. The summed E-state index contributed by atoms with van der Waals surface area (Å²) in [5, 5.41) is 13.4. The van der Waals surface area contributed by atoms with Crippen molar-refractivity contribution in [2.45, 2.75) is 73.9 Å². The SMILES string of the molecule is CC(C)/C(O)=C/C(=O)C(C)(C)C.C[Si](C)(C)c1c[c-]c(-c2cc(-c3ccccc3)c3cc([Si](C)(C)C)ccc3n2)cc1.[Ir]. The number of nitrogens with zero attached hydrogens (tertiary/aromatic N) is 1. The Balaban J connectivity index is 0.000000424. The van der Waals surface area contributed by atoms with Crippen LogP contribution in [0, 0.1) is 17.4 Å². The van der Waals surface area contributed by atoms with E-state index in [1.807, 2.05) is 34.6 Å². The first-order valence-corrected chi connectivity index (χ1v) is 21.9. The van der Waals surface area contributed by atoms with Crippen LogP contribution in [0.1, 0.15) is 34.6 Å². The second kappa shape index (κ2) is 14.4. The first-order valence-electron chi connectivity index (χ1n) is 14.9. The van der Waals surface area contributed by atoms with Gasteiger partial charge in [0.1, 0.15) is 0 Å². The zero-order chi connectivity index (χ0) is 31.5. The third-order valence-corrected chi connectivity index (χ3v) is 11.4. The van der Waals surface area contributed by atoms with Gasteiger partial charge in [0.15, 0.2) is 5.78 Å². The topological polar surface area (TPSA) is 50.2 Å². The molecule has 3 aromatic carbocycles. The van der Waals surface area contributed by atoms with Crippen molar-refractivity contribution < 1.29 is 30.0 Å². The predicted molar refractivity (Wildman–Crippen MR) is 187 cm³/mol. The molecule has 1 N–H and O–H groups in total. The molecule has 1 radical (unpaired) electrons. The molecule has 3 nitrogen and oxygen atoms in total. The van der Waals surface area contributed by atoms with E-state index in [1.165, 1.54) is 33.0 Å².